The van der Waals surface area contributed by atoms with E-state index in [4.69, 9.17) is 14.9 Å². The third-order valence-corrected chi connectivity index (χ3v) is 7.58. The number of pyridine rings is 1. The van der Waals surface area contributed by atoms with E-state index >= 15 is 0 Å². The summed E-state index contributed by atoms with van der Waals surface area (Å²) < 4.78 is 14.3. The molecule has 0 amide bonds. The first-order chi connectivity index (χ1) is 19.1. The highest BCUT2D eigenvalue weighted by Gasteiger charge is 2.34. The number of hydrogen-bond acceptors (Lipinski definition) is 6. The van der Waals surface area contributed by atoms with Crippen LogP contribution in [0.4, 0.5) is 5.82 Å². The number of aromatic nitrogens is 1. The van der Waals surface area contributed by atoms with Crippen LogP contribution >= 0.6 is 0 Å². The summed E-state index contributed by atoms with van der Waals surface area (Å²) in [6, 6.07) is 10.5. The van der Waals surface area contributed by atoms with Crippen molar-refractivity contribution in [2.45, 2.75) is 66.5 Å². The van der Waals surface area contributed by atoms with Crippen LogP contribution in [0.1, 0.15) is 61.9 Å². The Hall–Kier alpha value is -4.17. The Labute approximate surface area is 236 Å². The number of allylic oxidation sites excluding steroid dienone is 3. The number of carbonyl (C=O) groups is 1. The van der Waals surface area contributed by atoms with Gasteiger partial charge in [-0.2, -0.15) is 4.57 Å². The Bertz CT molecular complexity index is 1440. The molecular formula is C32H39N4O4+. The first-order valence-corrected chi connectivity index (χ1v) is 13.5. The molecule has 2 aliphatic heterocycles. The molecule has 0 saturated carbocycles. The van der Waals surface area contributed by atoms with E-state index in [0.717, 1.165) is 48.1 Å². The molecule has 2 aliphatic rings. The molecule has 1 atom stereocenters. The number of benzene rings is 1. The van der Waals surface area contributed by atoms with Crippen molar-refractivity contribution in [3.05, 3.63) is 100 Å². The Morgan fingerprint density at radius 1 is 1.35 bits per heavy atom. The first kappa shape index (κ1) is 28.8. The fourth-order valence-electron chi connectivity index (χ4n) is 5.36. The van der Waals surface area contributed by atoms with Crippen molar-refractivity contribution < 1.29 is 23.9 Å². The van der Waals surface area contributed by atoms with E-state index in [0.29, 0.717) is 24.2 Å². The molecule has 1 unspecified atom stereocenters. The molecule has 8 nitrogen and oxygen atoms in total. The first-order valence-electron chi connectivity index (χ1n) is 13.5. The Kier molecular flexibility index (Phi) is 8.59. The highest BCUT2D eigenvalue weighted by atomic mass is 16.5. The molecule has 2 aromatic rings. The molecule has 0 aliphatic carbocycles. The number of rotatable bonds is 9. The van der Waals surface area contributed by atoms with Crippen molar-refractivity contribution in [3.63, 3.8) is 0 Å². The van der Waals surface area contributed by atoms with Crippen LogP contribution in [0.15, 0.2) is 72.4 Å². The summed E-state index contributed by atoms with van der Waals surface area (Å²) in [5, 5.41) is 20.0. The molecule has 0 spiro atoms. The fraction of sp³-hybridized carbons (Fsp3) is 0.344. The molecule has 40 heavy (non-hydrogen) atoms. The second kappa shape index (κ2) is 11.9. The van der Waals surface area contributed by atoms with Gasteiger partial charge in [0.2, 0.25) is 6.23 Å². The summed E-state index contributed by atoms with van der Waals surface area (Å²) >= 11 is 0. The Balaban J connectivity index is 1.69. The molecule has 1 aromatic heterocycles. The maximum absolute atomic E-state index is 11.6. The third-order valence-electron chi connectivity index (χ3n) is 7.58. The normalized spacial score (nSPS) is 18.4. The fourth-order valence-corrected chi connectivity index (χ4v) is 5.36. The van der Waals surface area contributed by atoms with Gasteiger partial charge in [-0.1, -0.05) is 31.4 Å². The summed E-state index contributed by atoms with van der Waals surface area (Å²) in [5.41, 5.74) is 7.24. The van der Waals surface area contributed by atoms with Crippen LogP contribution in [0.3, 0.4) is 0 Å². The maximum atomic E-state index is 11.6. The molecule has 3 N–H and O–H groups in total. The van der Waals surface area contributed by atoms with Gasteiger partial charge in [-0.25, -0.2) is 10.1 Å². The summed E-state index contributed by atoms with van der Waals surface area (Å²) in [6.07, 6.45) is 2.98. The van der Waals surface area contributed by atoms with E-state index in [2.05, 4.69) is 56.3 Å². The lowest BCUT2D eigenvalue weighted by Gasteiger charge is -2.33. The maximum Gasteiger partial charge on any atom is 0.345 e. The Morgan fingerprint density at radius 2 is 2.10 bits per heavy atom. The molecule has 0 bridgehead atoms. The summed E-state index contributed by atoms with van der Waals surface area (Å²) in [4.78, 5) is 14.1. The van der Waals surface area contributed by atoms with Gasteiger partial charge in [0, 0.05) is 38.3 Å². The van der Waals surface area contributed by atoms with Gasteiger partial charge < -0.3 is 20.0 Å². The highest BCUT2D eigenvalue weighted by molar-refractivity contribution is 6.08. The number of anilines is 1. The summed E-state index contributed by atoms with van der Waals surface area (Å²) in [7, 11) is 0. The average Bonchev–Trinajstić information content (AvgIpc) is 2.91. The minimum atomic E-state index is -1.24. The molecule has 0 fully saturated rings. The minimum absolute atomic E-state index is 0.0204. The molecule has 210 valence electrons. The summed E-state index contributed by atoms with van der Waals surface area (Å²) in [6.45, 7) is 21.1. The van der Waals surface area contributed by atoms with Crippen molar-refractivity contribution in [3.8, 4) is 0 Å². The number of nitrogens with one attached hydrogen (secondary N) is 2. The lowest BCUT2D eigenvalue weighted by Crippen LogP contribution is -2.49. The Morgan fingerprint density at radius 3 is 2.73 bits per heavy atom. The van der Waals surface area contributed by atoms with Crippen molar-refractivity contribution in [1.82, 2.24) is 4.90 Å². The molecular weight excluding hydrogens is 504 g/mol. The number of aliphatic carboxylic acids is 1. The van der Waals surface area contributed by atoms with E-state index in [9.17, 15) is 9.90 Å². The van der Waals surface area contributed by atoms with Gasteiger partial charge in [-0.15, -0.1) is 0 Å². The zero-order valence-corrected chi connectivity index (χ0v) is 24.0. The highest BCUT2D eigenvalue weighted by Crippen LogP contribution is 2.31. The number of carboxylic acid groups (broad SMARTS) is 1. The number of ether oxygens (including phenoxy) is 2. The van der Waals surface area contributed by atoms with Crippen LogP contribution in [0.25, 0.3) is 5.57 Å². The largest absolute Gasteiger partial charge is 0.488 e. The molecule has 3 heterocycles. The van der Waals surface area contributed by atoms with Crippen molar-refractivity contribution >= 4 is 23.6 Å². The van der Waals surface area contributed by atoms with E-state index in [-0.39, 0.29) is 11.5 Å². The second-order valence-electron chi connectivity index (χ2n) is 10.5. The molecule has 1 aromatic carbocycles. The standard InChI is InChI=1S/C32H38N4O4/c1-8-25(28-10-9-11-29-34-31(27(16-33)32(37)38)40-22(7)36(28)29)30(19(2)3)39-18-24-13-12-23-17-35(20(4)5)15-14-26(23)21(24)6/h8-13,16,20,22,33H,1-2,14-15,17-18H2,3-7H3,(H,37,38)/p+1/b30-25-,31-27-,33-16?. The van der Waals surface area contributed by atoms with Crippen LogP contribution in [-0.2, 0) is 33.8 Å². The lowest BCUT2D eigenvalue weighted by molar-refractivity contribution is -0.750. The monoisotopic (exact) mass is 543 g/mol. The predicted octanol–water partition coefficient (Wildman–Crippen LogP) is 5.65. The van der Waals surface area contributed by atoms with Gasteiger partial charge in [0.1, 0.15) is 18.1 Å². The van der Waals surface area contributed by atoms with Crippen molar-refractivity contribution in [2.24, 2.45) is 0 Å². The third kappa shape index (κ3) is 5.58. The second-order valence-corrected chi connectivity index (χ2v) is 10.5. The van der Waals surface area contributed by atoms with Crippen molar-refractivity contribution in [1.29, 1.82) is 5.41 Å². The van der Waals surface area contributed by atoms with Crippen LogP contribution in [-0.4, -0.2) is 34.8 Å². The zero-order chi connectivity index (χ0) is 29.1. The van der Waals surface area contributed by atoms with E-state index in [1.54, 1.807) is 6.08 Å². The van der Waals surface area contributed by atoms with Gasteiger partial charge in [-0.3, -0.25) is 4.90 Å². The van der Waals surface area contributed by atoms with Gasteiger partial charge in [0.05, 0.1) is 5.57 Å². The van der Waals surface area contributed by atoms with Gasteiger partial charge >= 0.3 is 11.9 Å². The topological polar surface area (TPSA) is 98.8 Å². The smallest absolute Gasteiger partial charge is 0.345 e. The number of carboxylic acids is 1. The lowest BCUT2D eigenvalue weighted by atomic mass is 9.91. The average molecular weight is 544 g/mol. The number of hydrogen-bond donors (Lipinski definition) is 3. The van der Waals surface area contributed by atoms with E-state index in [1.165, 1.54) is 16.7 Å². The van der Waals surface area contributed by atoms with Crippen LogP contribution < -0.4 is 9.88 Å². The molecule has 0 radical (unpaired) electrons. The predicted molar refractivity (Wildman–Crippen MR) is 157 cm³/mol. The quantitative estimate of drug-likeness (QED) is 0.124. The van der Waals surface area contributed by atoms with Crippen LogP contribution in [0.2, 0.25) is 0 Å². The zero-order valence-electron chi connectivity index (χ0n) is 24.0. The van der Waals surface area contributed by atoms with Gasteiger partial charge in [0.25, 0.3) is 5.82 Å². The summed E-state index contributed by atoms with van der Waals surface area (Å²) in [5.74, 6) is 0.0206. The van der Waals surface area contributed by atoms with Gasteiger partial charge in [0.15, 0.2) is 5.57 Å². The van der Waals surface area contributed by atoms with Crippen LogP contribution in [0.5, 0.6) is 0 Å². The molecule has 0 saturated heterocycles. The van der Waals surface area contributed by atoms with Crippen LogP contribution in [0, 0.1) is 12.3 Å². The van der Waals surface area contributed by atoms with E-state index < -0.39 is 12.2 Å². The SMILES string of the molecule is C=C/C(=C(/OCc1ccc2c(c1C)CCN(C(C)C)C2)C(=C)C)c1cccc2[n+]1C(C)O/C(=C(/C=N)C(=O)O)N2. The molecule has 8 heteroatoms. The number of nitrogens with zero attached hydrogens (tertiary/aromatic N) is 2. The van der Waals surface area contributed by atoms with E-state index in [1.807, 2.05) is 36.6 Å². The minimum Gasteiger partial charge on any atom is -0.488 e. The molecule has 4 rings (SSSR count). The van der Waals surface area contributed by atoms with Crippen molar-refractivity contribution in [2.75, 3.05) is 11.9 Å². The van der Waals surface area contributed by atoms with Gasteiger partial charge in [-0.05, 0) is 74.1 Å². The number of fused-ring (bicyclic) bond motifs is 2.